The van der Waals surface area contributed by atoms with Crippen LogP contribution in [0.2, 0.25) is 0 Å². The Morgan fingerprint density at radius 2 is 1.50 bits per heavy atom. The fourth-order valence-electron chi connectivity index (χ4n) is 4.96. The predicted molar refractivity (Wildman–Crippen MR) is 117 cm³/mol. The molecule has 0 radical (unpaired) electrons. The minimum Gasteiger partial charge on any atom is -0.381 e. The van der Waals surface area contributed by atoms with Gasteiger partial charge in [0.05, 0.1) is 11.6 Å². The van der Waals surface area contributed by atoms with Crippen molar-refractivity contribution in [2.45, 2.75) is 63.3 Å². The smallest absolute Gasteiger partial charge is 0.292 e. The van der Waals surface area contributed by atoms with E-state index >= 15 is 0 Å². The molecule has 1 fully saturated rings. The van der Waals surface area contributed by atoms with Crippen molar-refractivity contribution in [2.24, 2.45) is 5.92 Å². The predicted octanol–water partition coefficient (Wildman–Crippen LogP) is 5.66. The number of ketones is 1. The lowest BCUT2D eigenvalue weighted by molar-refractivity contribution is -0.136. The third kappa shape index (κ3) is 4.40. The molecule has 2 aliphatic rings. The fraction of sp³-hybridized carbons (Fsp3) is 0.440. The van der Waals surface area contributed by atoms with Crippen LogP contribution in [0.15, 0.2) is 48.5 Å². The van der Waals surface area contributed by atoms with Crippen molar-refractivity contribution in [3.63, 3.8) is 0 Å². The van der Waals surface area contributed by atoms with E-state index in [1.807, 2.05) is 24.3 Å². The molecule has 1 saturated carbocycles. The van der Waals surface area contributed by atoms with Crippen molar-refractivity contribution in [2.75, 3.05) is 10.6 Å². The van der Waals surface area contributed by atoms with Crippen molar-refractivity contribution in [3.8, 4) is 0 Å². The Morgan fingerprint density at radius 3 is 2.23 bits per heavy atom. The highest BCUT2D eigenvalue weighted by atomic mass is 19.1. The van der Waals surface area contributed by atoms with E-state index in [0.717, 1.165) is 36.9 Å². The lowest BCUT2D eigenvalue weighted by atomic mass is 9.79. The second-order valence-corrected chi connectivity index (χ2v) is 8.49. The minimum atomic E-state index is -0.753. The van der Waals surface area contributed by atoms with Crippen LogP contribution < -0.4 is 10.6 Å². The first-order valence-corrected chi connectivity index (χ1v) is 11.1. The molecule has 0 spiro atoms. The van der Waals surface area contributed by atoms with Gasteiger partial charge in [0.2, 0.25) is 5.78 Å². The molecule has 2 unspecified atom stereocenters. The Balaban J connectivity index is 1.58. The highest BCUT2D eigenvalue weighted by Gasteiger charge is 2.43. The molecule has 2 aromatic carbocycles. The summed E-state index contributed by atoms with van der Waals surface area (Å²) < 4.78 is 14.0. The van der Waals surface area contributed by atoms with Gasteiger partial charge in [0.1, 0.15) is 5.82 Å². The summed E-state index contributed by atoms with van der Waals surface area (Å²) in [6, 6.07) is 13.6. The van der Waals surface area contributed by atoms with Crippen LogP contribution in [0.3, 0.4) is 0 Å². The van der Waals surface area contributed by atoms with Crippen LogP contribution in [0.4, 0.5) is 15.8 Å². The van der Waals surface area contributed by atoms with Gasteiger partial charge in [0.15, 0.2) is 0 Å². The highest BCUT2D eigenvalue weighted by molar-refractivity contribution is 6.43. The van der Waals surface area contributed by atoms with Crippen LogP contribution in [-0.2, 0) is 9.59 Å². The second kappa shape index (κ2) is 9.41. The Hall–Kier alpha value is -2.69. The van der Waals surface area contributed by atoms with Gasteiger partial charge in [-0.15, -0.1) is 0 Å². The highest BCUT2D eigenvalue weighted by Crippen LogP contribution is 2.42. The lowest BCUT2D eigenvalue weighted by Crippen LogP contribution is -2.39. The van der Waals surface area contributed by atoms with Gasteiger partial charge in [-0.05, 0) is 42.5 Å². The van der Waals surface area contributed by atoms with Crippen LogP contribution in [-0.4, -0.2) is 17.7 Å². The van der Waals surface area contributed by atoms with E-state index in [9.17, 15) is 14.0 Å². The number of halogens is 1. The number of nitrogens with one attached hydrogen (secondary N) is 2. The van der Waals surface area contributed by atoms with Gasteiger partial charge in [-0.1, -0.05) is 68.9 Å². The van der Waals surface area contributed by atoms with E-state index in [1.165, 1.54) is 37.8 Å². The van der Waals surface area contributed by atoms with Crippen molar-refractivity contribution in [1.82, 2.24) is 0 Å². The summed E-state index contributed by atoms with van der Waals surface area (Å²) in [6.45, 7) is 0. The Labute approximate surface area is 177 Å². The monoisotopic (exact) mass is 408 g/mol. The topological polar surface area (TPSA) is 58.2 Å². The van der Waals surface area contributed by atoms with Crippen LogP contribution in [0.25, 0.3) is 0 Å². The summed E-state index contributed by atoms with van der Waals surface area (Å²) in [5, 5.41) is 6.04. The number of para-hydroxylation sites is 2. The summed E-state index contributed by atoms with van der Waals surface area (Å²) in [5.74, 6) is -2.00. The van der Waals surface area contributed by atoms with Crippen molar-refractivity contribution < 1.29 is 14.0 Å². The van der Waals surface area contributed by atoms with Gasteiger partial charge in [0.25, 0.3) is 5.91 Å². The molecule has 158 valence electrons. The quantitative estimate of drug-likeness (QED) is 0.642. The molecule has 1 amide bonds. The van der Waals surface area contributed by atoms with Crippen molar-refractivity contribution >= 4 is 23.1 Å². The first-order valence-electron chi connectivity index (χ1n) is 11.1. The summed E-state index contributed by atoms with van der Waals surface area (Å²) in [4.78, 5) is 26.1. The minimum absolute atomic E-state index is 0.0362. The summed E-state index contributed by atoms with van der Waals surface area (Å²) in [5.41, 5.74) is 1.84. The first kappa shape index (κ1) is 20.6. The van der Waals surface area contributed by atoms with E-state index in [2.05, 4.69) is 10.6 Å². The lowest BCUT2D eigenvalue weighted by Gasteiger charge is -2.28. The molecular formula is C25H29FN2O2. The van der Waals surface area contributed by atoms with E-state index in [1.54, 1.807) is 12.1 Å². The summed E-state index contributed by atoms with van der Waals surface area (Å²) in [7, 11) is 0. The van der Waals surface area contributed by atoms with E-state index < -0.39 is 23.4 Å². The van der Waals surface area contributed by atoms with Crippen LogP contribution in [0, 0.1) is 11.7 Å². The number of anilines is 2. The molecule has 1 heterocycles. The zero-order chi connectivity index (χ0) is 20.9. The molecule has 1 aliphatic heterocycles. The summed E-state index contributed by atoms with van der Waals surface area (Å²) in [6.07, 6.45) is 9.43. The van der Waals surface area contributed by atoms with Gasteiger partial charge in [-0.2, -0.15) is 0 Å². The maximum absolute atomic E-state index is 14.0. The molecule has 0 saturated heterocycles. The molecule has 2 N–H and O–H groups in total. The van der Waals surface area contributed by atoms with E-state index in [-0.39, 0.29) is 11.7 Å². The van der Waals surface area contributed by atoms with Crippen LogP contribution >= 0.6 is 0 Å². The van der Waals surface area contributed by atoms with E-state index in [0.29, 0.717) is 5.92 Å². The average molecular weight is 409 g/mol. The largest absolute Gasteiger partial charge is 0.381 e. The Kier molecular flexibility index (Phi) is 6.46. The van der Waals surface area contributed by atoms with Gasteiger partial charge in [-0.25, -0.2) is 4.39 Å². The third-order valence-corrected chi connectivity index (χ3v) is 6.51. The maximum atomic E-state index is 14.0. The van der Waals surface area contributed by atoms with E-state index in [4.69, 9.17) is 0 Å². The number of Topliss-reactive ketones (excluding diaryl/α,β-unsaturated/α-hetero) is 1. The van der Waals surface area contributed by atoms with Gasteiger partial charge in [-0.3, -0.25) is 9.59 Å². The van der Waals surface area contributed by atoms with Crippen LogP contribution in [0.5, 0.6) is 0 Å². The number of rotatable bonds is 4. The number of hydrogen-bond donors (Lipinski definition) is 2. The Bertz CT molecular complexity index is 904. The van der Waals surface area contributed by atoms with Gasteiger partial charge in [0, 0.05) is 11.7 Å². The summed E-state index contributed by atoms with van der Waals surface area (Å²) >= 11 is 0. The van der Waals surface area contributed by atoms with Crippen molar-refractivity contribution in [3.05, 3.63) is 59.9 Å². The number of hydrogen-bond acceptors (Lipinski definition) is 3. The van der Waals surface area contributed by atoms with Crippen LogP contribution in [0.1, 0.15) is 62.8 Å². The number of carbonyl (C=O) groups is 2. The normalized spacial score (nSPS) is 22.2. The Morgan fingerprint density at radius 1 is 0.867 bits per heavy atom. The molecule has 0 aromatic heterocycles. The third-order valence-electron chi connectivity index (χ3n) is 6.51. The molecule has 5 heteroatoms. The molecule has 30 heavy (non-hydrogen) atoms. The fourth-order valence-corrected chi connectivity index (χ4v) is 4.96. The van der Waals surface area contributed by atoms with Gasteiger partial charge >= 0.3 is 0 Å². The zero-order valence-corrected chi connectivity index (χ0v) is 17.2. The molecule has 2 atom stereocenters. The SMILES string of the molecule is O=C(Nc1ccccc1F)C(=O)C1c2ccccc2NC1C1CCCCCCCC1. The molecule has 4 rings (SSSR count). The molecule has 0 bridgehead atoms. The number of carbonyl (C=O) groups excluding carboxylic acids is 2. The molecular weight excluding hydrogens is 379 g/mol. The molecule has 4 nitrogen and oxygen atoms in total. The first-order chi connectivity index (χ1) is 14.6. The molecule has 2 aromatic rings. The van der Waals surface area contributed by atoms with Gasteiger partial charge < -0.3 is 10.6 Å². The number of fused-ring (bicyclic) bond motifs is 1. The maximum Gasteiger partial charge on any atom is 0.292 e. The number of amides is 1. The standard InChI is InChI=1S/C25H29FN2O2/c26-19-14-8-10-16-21(19)28-25(30)24(29)22-18-13-7-9-15-20(18)27-23(22)17-11-5-3-1-2-4-6-12-17/h7-10,13-17,22-23,27H,1-6,11-12H2,(H,28,30). The zero-order valence-electron chi connectivity index (χ0n) is 17.2. The molecule has 1 aliphatic carbocycles. The average Bonchev–Trinajstić information content (AvgIpc) is 3.19. The second-order valence-electron chi connectivity index (χ2n) is 8.49. The number of benzene rings is 2. The van der Waals surface area contributed by atoms with Crippen molar-refractivity contribution in [1.29, 1.82) is 0 Å².